The molecule has 1 atom stereocenters. The molecule has 1 saturated heterocycles. The monoisotopic (exact) mass is 327 g/mol. The van der Waals surface area contributed by atoms with Crippen LogP contribution in [0.2, 0.25) is 0 Å². The molecule has 2 aromatic rings. The van der Waals surface area contributed by atoms with Gasteiger partial charge in [-0.3, -0.25) is 10.1 Å². The average molecular weight is 327 g/mol. The molecular weight excluding hydrogens is 310 g/mol. The number of nitrogens with zero attached hydrogens (tertiary/aromatic N) is 1. The third-order valence-corrected chi connectivity index (χ3v) is 4.46. The predicted octanol–water partition coefficient (Wildman–Crippen LogP) is 3.48. The standard InChI is InChI=1S/C18H17NO5/c1-2-22-12-4-6-14-13-5-3-11(19(20)21)9-15(13)17(16(14)10-12)18-23-7-8-24-18/h3-6,9-10,17-18H,2,7-8H2,1H3. The first-order valence-electron chi connectivity index (χ1n) is 7.97. The topological polar surface area (TPSA) is 70.8 Å². The Bertz CT molecular complexity index is 798. The van der Waals surface area contributed by atoms with Crippen LogP contribution in [0.4, 0.5) is 5.69 Å². The number of hydrogen-bond donors (Lipinski definition) is 0. The zero-order valence-electron chi connectivity index (χ0n) is 13.2. The quantitative estimate of drug-likeness (QED) is 0.635. The van der Waals surface area contributed by atoms with Gasteiger partial charge in [-0.1, -0.05) is 6.07 Å². The number of rotatable bonds is 4. The summed E-state index contributed by atoms with van der Waals surface area (Å²) >= 11 is 0. The van der Waals surface area contributed by atoms with Crippen molar-refractivity contribution in [3.05, 3.63) is 57.6 Å². The molecule has 0 N–H and O–H groups in total. The van der Waals surface area contributed by atoms with Crippen molar-refractivity contribution in [3.8, 4) is 16.9 Å². The summed E-state index contributed by atoms with van der Waals surface area (Å²) in [6, 6.07) is 10.9. The van der Waals surface area contributed by atoms with Gasteiger partial charge in [-0.15, -0.1) is 0 Å². The van der Waals surface area contributed by atoms with Gasteiger partial charge in [0.15, 0.2) is 6.29 Å². The molecule has 0 aromatic heterocycles. The number of ether oxygens (including phenoxy) is 3. The van der Waals surface area contributed by atoms with Crippen molar-refractivity contribution in [2.45, 2.75) is 19.1 Å². The van der Waals surface area contributed by atoms with Crippen LogP contribution >= 0.6 is 0 Å². The van der Waals surface area contributed by atoms with Crippen LogP contribution in [0.3, 0.4) is 0 Å². The second-order valence-electron chi connectivity index (χ2n) is 5.80. The van der Waals surface area contributed by atoms with E-state index in [4.69, 9.17) is 14.2 Å². The van der Waals surface area contributed by atoms with Gasteiger partial charge in [0.25, 0.3) is 5.69 Å². The van der Waals surface area contributed by atoms with Gasteiger partial charge in [0.2, 0.25) is 0 Å². The Labute approximate surface area is 139 Å². The van der Waals surface area contributed by atoms with Crippen LogP contribution in [0.25, 0.3) is 11.1 Å². The Hall–Kier alpha value is -2.44. The van der Waals surface area contributed by atoms with Crippen LogP contribution in [-0.4, -0.2) is 31.0 Å². The highest BCUT2D eigenvalue weighted by Gasteiger charge is 2.38. The van der Waals surface area contributed by atoms with Gasteiger partial charge in [-0.05, 0) is 47.4 Å². The van der Waals surface area contributed by atoms with E-state index in [1.165, 1.54) is 6.07 Å². The molecule has 24 heavy (non-hydrogen) atoms. The second-order valence-corrected chi connectivity index (χ2v) is 5.80. The van der Waals surface area contributed by atoms with E-state index in [-0.39, 0.29) is 16.5 Å². The van der Waals surface area contributed by atoms with E-state index in [9.17, 15) is 10.1 Å². The molecule has 6 heteroatoms. The van der Waals surface area contributed by atoms with Gasteiger partial charge < -0.3 is 14.2 Å². The summed E-state index contributed by atoms with van der Waals surface area (Å²) in [6.07, 6.45) is -0.427. The maximum absolute atomic E-state index is 11.2. The molecule has 0 spiro atoms. The molecule has 1 aliphatic heterocycles. The molecule has 1 heterocycles. The van der Waals surface area contributed by atoms with Crippen molar-refractivity contribution in [2.24, 2.45) is 0 Å². The Morgan fingerprint density at radius 3 is 2.46 bits per heavy atom. The fraction of sp³-hybridized carbons (Fsp3) is 0.333. The highest BCUT2D eigenvalue weighted by molar-refractivity contribution is 5.80. The van der Waals surface area contributed by atoms with Crippen LogP contribution in [0.1, 0.15) is 24.0 Å². The average Bonchev–Trinajstić information content (AvgIpc) is 3.19. The number of nitro benzene ring substituents is 1. The van der Waals surface area contributed by atoms with Gasteiger partial charge in [0, 0.05) is 12.1 Å². The van der Waals surface area contributed by atoms with Gasteiger partial charge >= 0.3 is 0 Å². The zero-order chi connectivity index (χ0) is 16.7. The van der Waals surface area contributed by atoms with Crippen LogP contribution < -0.4 is 4.74 Å². The van der Waals surface area contributed by atoms with E-state index < -0.39 is 6.29 Å². The Morgan fingerprint density at radius 2 is 1.79 bits per heavy atom. The fourth-order valence-electron chi connectivity index (χ4n) is 3.50. The Kier molecular flexibility index (Phi) is 3.70. The molecule has 0 bridgehead atoms. The van der Waals surface area contributed by atoms with E-state index >= 15 is 0 Å². The molecule has 0 amide bonds. The van der Waals surface area contributed by atoms with Crippen molar-refractivity contribution >= 4 is 5.69 Å². The number of non-ortho nitro benzene ring substituents is 1. The summed E-state index contributed by atoms with van der Waals surface area (Å²) in [4.78, 5) is 10.8. The number of fused-ring (bicyclic) bond motifs is 3. The SMILES string of the molecule is CCOc1ccc2c(c1)C(C1OCCO1)c1cc([N+](=O)[O-])ccc1-2. The van der Waals surface area contributed by atoms with Crippen molar-refractivity contribution in [1.82, 2.24) is 0 Å². The van der Waals surface area contributed by atoms with Gasteiger partial charge in [0.05, 0.1) is 30.7 Å². The molecule has 124 valence electrons. The summed E-state index contributed by atoms with van der Waals surface area (Å²) in [7, 11) is 0. The Morgan fingerprint density at radius 1 is 1.12 bits per heavy atom. The van der Waals surface area contributed by atoms with Gasteiger partial charge in [-0.25, -0.2) is 0 Å². The highest BCUT2D eigenvalue weighted by atomic mass is 16.7. The third-order valence-electron chi connectivity index (χ3n) is 4.46. The summed E-state index contributed by atoms with van der Waals surface area (Å²) in [5, 5.41) is 11.2. The summed E-state index contributed by atoms with van der Waals surface area (Å²) < 4.78 is 17.0. The fourth-order valence-corrected chi connectivity index (χ4v) is 3.50. The summed E-state index contributed by atoms with van der Waals surface area (Å²) in [6.45, 7) is 3.59. The molecule has 0 saturated carbocycles. The molecule has 4 rings (SSSR count). The largest absolute Gasteiger partial charge is 0.494 e. The lowest BCUT2D eigenvalue weighted by molar-refractivity contribution is -0.384. The molecular formula is C18H17NO5. The third kappa shape index (κ3) is 2.35. The minimum atomic E-state index is -0.427. The molecule has 0 radical (unpaired) electrons. The zero-order valence-corrected chi connectivity index (χ0v) is 13.2. The van der Waals surface area contributed by atoms with Crippen LogP contribution in [0, 0.1) is 10.1 Å². The minimum absolute atomic E-state index is 0.0783. The van der Waals surface area contributed by atoms with Crippen molar-refractivity contribution < 1.29 is 19.1 Å². The molecule has 1 fully saturated rings. The van der Waals surface area contributed by atoms with Crippen molar-refractivity contribution in [1.29, 1.82) is 0 Å². The first-order chi connectivity index (χ1) is 11.7. The number of benzene rings is 2. The second kappa shape index (κ2) is 5.89. The van der Waals surface area contributed by atoms with Crippen LogP contribution in [0.15, 0.2) is 36.4 Å². The molecule has 2 aliphatic rings. The summed E-state index contributed by atoms with van der Waals surface area (Å²) in [5.41, 5.74) is 4.02. The van der Waals surface area contributed by atoms with E-state index in [2.05, 4.69) is 0 Å². The van der Waals surface area contributed by atoms with Crippen LogP contribution in [0.5, 0.6) is 5.75 Å². The highest BCUT2D eigenvalue weighted by Crippen LogP contribution is 2.49. The van der Waals surface area contributed by atoms with Crippen molar-refractivity contribution in [2.75, 3.05) is 19.8 Å². The minimum Gasteiger partial charge on any atom is -0.494 e. The first kappa shape index (κ1) is 15.1. The van der Waals surface area contributed by atoms with E-state index in [0.717, 1.165) is 28.0 Å². The van der Waals surface area contributed by atoms with E-state index in [1.54, 1.807) is 6.07 Å². The van der Waals surface area contributed by atoms with Gasteiger partial charge in [-0.2, -0.15) is 0 Å². The van der Waals surface area contributed by atoms with E-state index in [0.29, 0.717) is 19.8 Å². The number of hydrogen-bond acceptors (Lipinski definition) is 5. The lowest BCUT2D eigenvalue weighted by Crippen LogP contribution is -2.19. The molecule has 1 aliphatic carbocycles. The van der Waals surface area contributed by atoms with Crippen LogP contribution in [-0.2, 0) is 9.47 Å². The first-order valence-corrected chi connectivity index (χ1v) is 7.97. The van der Waals surface area contributed by atoms with Crippen molar-refractivity contribution in [3.63, 3.8) is 0 Å². The molecule has 6 nitrogen and oxygen atoms in total. The normalized spacial score (nSPS) is 19.1. The smallest absolute Gasteiger partial charge is 0.269 e. The summed E-state index contributed by atoms with van der Waals surface area (Å²) in [5.74, 6) is 0.597. The van der Waals surface area contributed by atoms with Gasteiger partial charge in [0.1, 0.15) is 5.75 Å². The number of nitro groups is 1. The maximum atomic E-state index is 11.2. The maximum Gasteiger partial charge on any atom is 0.269 e. The predicted molar refractivity (Wildman–Crippen MR) is 87.2 cm³/mol. The lowest BCUT2D eigenvalue weighted by Gasteiger charge is -2.20. The van der Waals surface area contributed by atoms with E-state index in [1.807, 2.05) is 31.2 Å². The lowest BCUT2D eigenvalue weighted by atomic mass is 9.96. The Balaban J connectivity index is 1.86. The molecule has 2 aromatic carbocycles. The molecule has 1 unspecified atom stereocenters.